The third-order valence-electron chi connectivity index (χ3n) is 3.90. The third kappa shape index (κ3) is 3.50. The molecule has 0 aliphatic carbocycles. The number of fused-ring (bicyclic) bond motifs is 1. The second-order valence-corrected chi connectivity index (χ2v) is 5.64. The van der Waals surface area contributed by atoms with Crippen LogP contribution in [0.15, 0.2) is 36.4 Å². The van der Waals surface area contributed by atoms with Crippen molar-refractivity contribution in [3.05, 3.63) is 42.0 Å². The summed E-state index contributed by atoms with van der Waals surface area (Å²) in [6, 6.07) is 10.9. The number of esters is 1. The summed E-state index contributed by atoms with van der Waals surface area (Å²) in [5.41, 5.74) is 1.56. The molecular weight excluding hydrogens is 306 g/mol. The fraction of sp³-hybridized carbons (Fsp3) is 0.368. The molecule has 5 nitrogen and oxygen atoms in total. The van der Waals surface area contributed by atoms with Crippen molar-refractivity contribution in [2.45, 2.75) is 33.2 Å². The van der Waals surface area contributed by atoms with E-state index < -0.39 is 18.1 Å². The van der Waals surface area contributed by atoms with E-state index >= 15 is 0 Å². The van der Waals surface area contributed by atoms with Gasteiger partial charge in [-0.05, 0) is 31.2 Å². The van der Waals surface area contributed by atoms with E-state index in [1.165, 1.54) is 12.0 Å². The van der Waals surface area contributed by atoms with Gasteiger partial charge < -0.3 is 9.47 Å². The van der Waals surface area contributed by atoms with Gasteiger partial charge in [0.1, 0.15) is 6.04 Å². The van der Waals surface area contributed by atoms with E-state index in [0.717, 1.165) is 16.3 Å². The Labute approximate surface area is 142 Å². The second-order valence-electron chi connectivity index (χ2n) is 5.64. The Bertz CT molecular complexity index is 741. The summed E-state index contributed by atoms with van der Waals surface area (Å²) in [5, 5.41) is 1.88. The molecule has 128 valence electrons. The predicted molar refractivity (Wildman–Crippen MR) is 94.3 cm³/mol. The van der Waals surface area contributed by atoms with Gasteiger partial charge in [-0.25, -0.2) is 9.59 Å². The summed E-state index contributed by atoms with van der Waals surface area (Å²) in [6.45, 7) is 5.77. The Morgan fingerprint density at radius 1 is 1.17 bits per heavy atom. The summed E-state index contributed by atoms with van der Waals surface area (Å²) in [5.74, 6) is -0.490. The van der Waals surface area contributed by atoms with Gasteiger partial charge in [0.25, 0.3) is 0 Å². The molecule has 0 fully saturated rings. The maximum atomic E-state index is 12.7. The van der Waals surface area contributed by atoms with Gasteiger partial charge in [-0.15, -0.1) is 0 Å². The van der Waals surface area contributed by atoms with Gasteiger partial charge in [-0.2, -0.15) is 0 Å². The molecule has 2 aromatic carbocycles. The molecule has 0 unspecified atom stereocenters. The van der Waals surface area contributed by atoms with Crippen LogP contribution in [0.25, 0.3) is 10.8 Å². The molecule has 2 aromatic rings. The van der Waals surface area contributed by atoms with Gasteiger partial charge in [0, 0.05) is 5.39 Å². The Morgan fingerprint density at radius 3 is 2.54 bits per heavy atom. The molecule has 0 radical (unpaired) electrons. The number of hydrogen-bond acceptors (Lipinski definition) is 4. The Kier molecular flexibility index (Phi) is 5.79. The van der Waals surface area contributed by atoms with Gasteiger partial charge >= 0.3 is 12.1 Å². The fourth-order valence-corrected chi connectivity index (χ4v) is 2.66. The summed E-state index contributed by atoms with van der Waals surface area (Å²) < 4.78 is 10.1. The number of hydrogen-bond donors (Lipinski definition) is 0. The van der Waals surface area contributed by atoms with Crippen LogP contribution >= 0.6 is 0 Å². The molecule has 0 saturated carbocycles. The zero-order valence-electron chi connectivity index (χ0n) is 14.5. The Balaban J connectivity index is 2.60. The predicted octanol–water partition coefficient (Wildman–Crippen LogP) is 4.06. The molecule has 0 N–H and O–H groups in total. The lowest BCUT2D eigenvalue weighted by Crippen LogP contribution is -2.45. The minimum Gasteiger partial charge on any atom is -0.467 e. The van der Waals surface area contributed by atoms with E-state index in [0.29, 0.717) is 18.7 Å². The van der Waals surface area contributed by atoms with Crippen molar-refractivity contribution in [1.29, 1.82) is 0 Å². The lowest BCUT2D eigenvalue weighted by molar-refractivity contribution is -0.141. The first-order chi connectivity index (χ1) is 11.5. The van der Waals surface area contributed by atoms with Gasteiger partial charge in [0.2, 0.25) is 0 Å². The van der Waals surface area contributed by atoms with Gasteiger partial charge in [-0.3, -0.25) is 4.90 Å². The van der Waals surface area contributed by atoms with E-state index in [4.69, 9.17) is 9.47 Å². The van der Waals surface area contributed by atoms with Crippen LogP contribution in [0.3, 0.4) is 0 Å². The number of carbonyl (C=O) groups excluding carboxylic acids is 2. The van der Waals surface area contributed by atoms with Crippen molar-refractivity contribution < 1.29 is 19.1 Å². The highest BCUT2D eigenvalue weighted by Crippen LogP contribution is 2.32. The summed E-state index contributed by atoms with van der Waals surface area (Å²) in [7, 11) is 1.31. The summed E-state index contributed by atoms with van der Waals surface area (Å²) >= 11 is 0. The van der Waals surface area contributed by atoms with E-state index in [9.17, 15) is 9.59 Å². The third-order valence-corrected chi connectivity index (χ3v) is 3.90. The summed E-state index contributed by atoms with van der Waals surface area (Å²) in [4.78, 5) is 26.1. The SMILES string of the molecule is CCCOC(=O)N(c1c(C)ccc2ccccc12)[C@@H](C)C(=O)OC. The average Bonchev–Trinajstić information content (AvgIpc) is 2.61. The first-order valence-electron chi connectivity index (χ1n) is 8.03. The van der Waals surface area contributed by atoms with Gasteiger partial charge in [-0.1, -0.05) is 43.3 Å². The van der Waals surface area contributed by atoms with Gasteiger partial charge in [0.15, 0.2) is 0 Å². The van der Waals surface area contributed by atoms with Crippen LogP contribution in [0, 0.1) is 6.92 Å². The van der Waals surface area contributed by atoms with Crippen LogP contribution in [-0.2, 0) is 14.3 Å². The van der Waals surface area contributed by atoms with Crippen molar-refractivity contribution >= 4 is 28.5 Å². The van der Waals surface area contributed by atoms with E-state index in [2.05, 4.69) is 0 Å². The number of amides is 1. The molecule has 0 aliphatic heterocycles. The smallest absolute Gasteiger partial charge is 0.415 e. The zero-order valence-corrected chi connectivity index (χ0v) is 14.5. The number of ether oxygens (including phenoxy) is 2. The number of benzene rings is 2. The van der Waals surface area contributed by atoms with Crippen molar-refractivity contribution in [1.82, 2.24) is 0 Å². The lowest BCUT2D eigenvalue weighted by atomic mass is 10.0. The van der Waals surface area contributed by atoms with Crippen LogP contribution in [0.2, 0.25) is 0 Å². The topological polar surface area (TPSA) is 55.8 Å². The average molecular weight is 329 g/mol. The molecule has 0 saturated heterocycles. The molecule has 0 bridgehead atoms. The number of carbonyl (C=O) groups is 2. The standard InChI is InChI=1S/C19H23NO4/c1-5-12-24-19(22)20(14(3)18(21)23-4)17-13(2)10-11-15-8-6-7-9-16(15)17/h6-11,14H,5,12H2,1-4H3/t14-/m0/s1. The zero-order chi connectivity index (χ0) is 17.7. The lowest BCUT2D eigenvalue weighted by Gasteiger charge is -2.29. The number of methoxy groups -OCH3 is 1. The van der Waals surface area contributed by atoms with Crippen LogP contribution in [-0.4, -0.2) is 31.8 Å². The highest BCUT2D eigenvalue weighted by Gasteiger charge is 2.31. The molecule has 5 heteroatoms. The minimum absolute atomic E-state index is 0.299. The first kappa shape index (κ1) is 17.8. The van der Waals surface area contributed by atoms with Crippen LogP contribution in [0.4, 0.5) is 10.5 Å². The molecule has 24 heavy (non-hydrogen) atoms. The fourth-order valence-electron chi connectivity index (χ4n) is 2.66. The van der Waals surface area contributed by atoms with Crippen molar-refractivity contribution in [2.24, 2.45) is 0 Å². The van der Waals surface area contributed by atoms with Crippen LogP contribution < -0.4 is 4.90 Å². The highest BCUT2D eigenvalue weighted by molar-refractivity contribution is 6.05. The first-order valence-corrected chi connectivity index (χ1v) is 8.03. The van der Waals surface area contributed by atoms with E-state index in [1.807, 2.05) is 50.2 Å². The second kappa shape index (κ2) is 7.81. The highest BCUT2D eigenvalue weighted by atomic mass is 16.6. The quantitative estimate of drug-likeness (QED) is 0.776. The molecule has 0 spiro atoms. The minimum atomic E-state index is -0.788. The maximum absolute atomic E-state index is 12.7. The van der Waals surface area contributed by atoms with E-state index in [-0.39, 0.29) is 0 Å². The van der Waals surface area contributed by atoms with Crippen LogP contribution in [0.1, 0.15) is 25.8 Å². The molecule has 2 rings (SSSR count). The van der Waals surface area contributed by atoms with E-state index in [1.54, 1.807) is 6.92 Å². The van der Waals surface area contributed by atoms with Crippen molar-refractivity contribution in [3.63, 3.8) is 0 Å². The number of rotatable bonds is 5. The Hall–Kier alpha value is -2.56. The molecular formula is C19H23NO4. The summed E-state index contributed by atoms with van der Waals surface area (Å²) in [6.07, 6.45) is 0.162. The van der Waals surface area contributed by atoms with Crippen molar-refractivity contribution in [2.75, 3.05) is 18.6 Å². The van der Waals surface area contributed by atoms with Crippen molar-refractivity contribution in [3.8, 4) is 0 Å². The maximum Gasteiger partial charge on any atom is 0.415 e. The Morgan fingerprint density at radius 2 is 1.88 bits per heavy atom. The molecule has 1 amide bonds. The molecule has 0 aromatic heterocycles. The molecule has 0 heterocycles. The monoisotopic (exact) mass is 329 g/mol. The largest absolute Gasteiger partial charge is 0.467 e. The normalized spacial score (nSPS) is 11.8. The number of aryl methyl sites for hydroxylation is 1. The number of nitrogens with zero attached hydrogens (tertiary/aromatic N) is 1. The molecule has 1 atom stereocenters. The molecule has 0 aliphatic rings. The number of anilines is 1. The van der Waals surface area contributed by atoms with Crippen LogP contribution in [0.5, 0.6) is 0 Å². The van der Waals surface area contributed by atoms with Gasteiger partial charge in [0.05, 0.1) is 19.4 Å².